The number of aromatic nitrogens is 4. The van der Waals surface area contributed by atoms with E-state index in [9.17, 15) is 0 Å². The first kappa shape index (κ1) is 11.9. The van der Waals surface area contributed by atoms with E-state index in [1.165, 1.54) is 11.1 Å². The third-order valence-electron chi connectivity index (χ3n) is 2.92. The molecule has 1 N–H and O–H groups in total. The second-order valence-electron chi connectivity index (χ2n) is 4.24. The van der Waals surface area contributed by atoms with Crippen molar-refractivity contribution in [3.05, 3.63) is 35.9 Å². The number of aryl methyl sites for hydroxylation is 1. The largest absolute Gasteiger partial charge is 0.313 e. The van der Waals surface area contributed by atoms with Gasteiger partial charge in [-0.1, -0.05) is 6.92 Å². The number of hydrogen-bond donors (Lipinski definition) is 1. The average molecular weight is 233 g/mol. The molecule has 0 fully saturated rings. The van der Waals surface area contributed by atoms with Crippen LogP contribution in [0.2, 0.25) is 0 Å². The van der Waals surface area contributed by atoms with Gasteiger partial charge in [0.1, 0.15) is 0 Å². The monoisotopic (exact) mass is 233 g/mol. The molecule has 0 aliphatic heterocycles. The fourth-order valence-electron chi connectivity index (χ4n) is 1.99. The zero-order valence-corrected chi connectivity index (χ0v) is 10.6. The summed E-state index contributed by atoms with van der Waals surface area (Å²) in [6.07, 6.45) is 8.97. The lowest BCUT2D eigenvalue weighted by molar-refractivity contribution is 0.575. The molecule has 5 heteroatoms. The Morgan fingerprint density at radius 2 is 2.12 bits per heavy atom. The predicted molar refractivity (Wildman–Crippen MR) is 66.6 cm³/mol. The molecule has 17 heavy (non-hydrogen) atoms. The highest BCUT2D eigenvalue weighted by atomic mass is 15.3. The minimum atomic E-state index is 0.387. The summed E-state index contributed by atoms with van der Waals surface area (Å²) in [6.45, 7) is 2.94. The first-order valence-corrected chi connectivity index (χ1v) is 5.90. The topological polar surface area (TPSA) is 47.7 Å². The Hall–Kier alpha value is -1.62. The SMILES string of the molecule is CCC(NC)c1cnn(Cc2cnn(C)c2)c1. The van der Waals surface area contributed by atoms with E-state index in [-0.39, 0.29) is 0 Å². The summed E-state index contributed by atoms with van der Waals surface area (Å²) < 4.78 is 3.76. The predicted octanol–water partition coefficient (Wildman–Crippen LogP) is 1.34. The van der Waals surface area contributed by atoms with E-state index in [0.29, 0.717) is 6.04 Å². The van der Waals surface area contributed by atoms with E-state index >= 15 is 0 Å². The molecule has 2 rings (SSSR count). The molecular weight excluding hydrogens is 214 g/mol. The van der Waals surface area contributed by atoms with Gasteiger partial charge in [-0.05, 0) is 13.5 Å². The van der Waals surface area contributed by atoms with Crippen LogP contribution in [0.1, 0.15) is 30.5 Å². The Morgan fingerprint density at radius 1 is 1.29 bits per heavy atom. The third kappa shape index (κ3) is 2.74. The summed E-state index contributed by atoms with van der Waals surface area (Å²) >= 11 is 0. The molecule has 92 valence electrons. The molecule has 2 aromatic rings. The zero-order chi connectivity index (χ0) is 12.3. The summed E-state index contributed by atoms with van der Waals surface area (Å²) in [5.41, 5.74) is 2.40. The van der Waals surface area contributed by atoms with Gasteiger partial charge < -0.3 is 5.32 Å². The number of hydrogen-bond acceptors (Lipinski definition) is 3. The minimum Gasteiger partial charge on any atom is -0.313 e. The van der Waals surface area contributed by atoms with E-state index in [4.69, 9.17) is 0 Å². The van der Waals surface area contributed by atoms with Gasteiger partial charge in [0.15, 0.2) is 0 Å². The Morgan fingerprint density at radius 3 is 2.71 bits per heavy atom. The van der Waals surface area contributed by atoms with Gasteiger partial charge in [-0.25, -0.2) is 0 Å². The van der Waals surface area contributed by atoms with Crippen molar-refractivity contribution in [1.82, 2.24) is 24.9 Å². The lowest BCUT2D eigenvalue weighted by Crippen LogP contribution is -2.14. The Labute approximate surface area is 101 Å². The molecule has 1 atom stereocenters. The summed E-state index contributed by atoms with van der Waals surface area (Å²) in [5.74, 6) is 0. The third-order valence-corrected chi connectivity index (χ3v) is 2.92. The quantitative estimate of drug-likeness (QED) is 0.847. The highest BCUT2D eigenvalue weighted by Crippen LogP contribution is 2.15. The van der Waals surface area contributed by atoms with Crippen LogP contribution in [0.4, 0.5) is 0 Å². The summed E-state index contributed by atoms with van der Waals surface area (Å²) in [7, 11) is 3.90. The normalized spacial score (nSPS) is 12.9. The van der Waals surface area contributed by atoms with Crippen LogP contribution in [0, 0.1) is 0 Å². The molecule has 1 unspecified atom stereocenters. The van der Waals surface area contributed by atoms with Crippen LogP contribution in [0.15, 0.2) is 24.8 Å². The van der Waals surface area contributed by atoms with Gasteiger partial charge in [-0.3, -0.25) is 9.36 Å². The Kier molecular flexibility index (Phi) is 3.58. The molecular formula is C12H19N5. The Balaban J connectivity index is 2.08. The molecule has 0 radical (unpaired) electrons. The molecule has 0 aliphatic carbocycles. The molecule has 0 saturated heterocycles. The molecule has 2 aromatic heterocycles. The van der Waals surface area contributed by atoms with Gasteiger partial charge in [-0.2, -0.15) is 10.2 Å². The molecule has 0 bridgehead atoms. The van der Waals surface area contributed by atoms with Gasteiger partial charge in [0.05, 0.1) is 18.9 Å². The fraction of sp³-hybridized carbons (Fsp3) is 0.500. The highest BCUT2D eigenvalue weighted by molar-refractivity contribution is 5.12. The highest BCUT2D eigenvalue weighted by Gasteiger charge is 2.09. The van der Waals surface area contributed by atoms with E-state index < -0.39 is 0 Å². The first-order valence-electron chi connectivity index (χ1n) is 5.90. The van der Waals surface area contributed by atoms with Crippen LogP contribution >= 0.6 is 0 Å². The van der Waals surface area contributed by atoms with Crippen LogP contribution in [0.25, 0.3) is 0 Å². The molecule has 0 aliphatic rings. The minimum absolute atomic E-state index is 0.387. The molecule has 0 saturated carbocycles. The smallest absolute Gasteiger partial charge is 0.0690 e. The zero-order valence-electron chi connectivity index (χ0n) is 10.6. The van der Waals surface area contributed by atoms with E-state index in [1.54, 1.807) is 0 Å². The van der Waals surface area contributed by atoms with Crippen LogP contribution in [-0.2, 0) is 13.6 Å². The van der Waals surface area contributed by atoms with E-state index in [0.717, 1.165) is 13.0 Å². The molecule has 0 aromatic carbocycles. The van der Waals surface area contributed by atoms with Gasteiger partial charge >= 0.3 is 0 Å². The van der Waals surface area contributed by atoms with Crippen molar-refractivity contribution in [1.29, 1.82) is 0 Å². The van der Waals surface area contributed by atoms with Gasteiger partial charge in [0, 0.05) is 36.6 Å². The van der Waals surface area contributed by atoms with Crippen molar-refractivity contribution in [3.8, 4) is 0 Å². The fourth-order valence-corrected chi connectivity index (χ4v) is 1.99. The number of rotatable bonds is 5. The van der Waals surface area contributed by atoms with E-state index in [1.807, 2.05) is 42.0 Å². The first-order chi connectivity index (χ1) is 8.22. The maximum absolute atomic E-state index is 4.38. The van der Waals surface area contributed by atoms with Crippen LogP contribution in [-0.4, -0.2) is 26.6 Å². The Bertz CT molecular complexity index is 467. The van der Waals surface area contributed by atoms with Crippen LogP contribution in [0.5, 0.6) is 0 Å². The lowest BCUT2D eigenvalue weighted by Gasteiger charge is -2.10. The van der Waals surface area contributed by atoms with Crippen molar-refractivity contribution in [2.24, 2.45) is 7.05 Å². The summed E-state index contributed by atoms with van der Waals surface area (Å²) in [4.78, 5) is 0. The van der Waals surface area contributed by atoms with Crippen molar-refractivity contribution in [3.63, 3.8) is 0 Å². The number of nitrogens with one attached hydrogen (secondary N) is 1. The van der Waals surface area contributed by atoms with Crippen molar-refractivity contribution in [2.75, 3.05) is 7.05 Å². The maximum atomic E-state index is 4.38. The summed E-state index contributed by atoms with van der Waals surface area (Å²) in [5, 5.41) is 11.8. The summed E-state index contributed by atoms with van der Waals surface area (Å²) in [6, 6.07) is 0.387. The second-order valence-corrected chi connectivity index (χ2v) is 4.24. The molecule has 5 nitrogen and oxygen atoms in total. The molecule has 0 spiro atoms. The van der Waals surface area contributed by atoms with Gasteiger partial charge in [0.2, 0.25) is 0 Å². The average Bonchev–Trinajstić information content (AvgIpc) is 2.91. The van der Waals surface area contributed by atoms with Gasteiger partial charge in [-0.15, -0.1) is 0 Å². The number of nitrogens with zero attached hydrogens (tertiary/aromatic N) is 4. The standard InChI is InChI=1S/C12H19N5/c1-4-12(13-2)11-6-15-17(9-11)8-10-5-14-16(3)7-10/h5-7,9,12-13H,4,8H2,1-3H3. The van der Waals surface area contributed by atoms with Crippen LogP contribution in [0.3, 0.4) is 0 Å². The second kappa shape index (κ2) is 5.14. The van der Waals surface area contributed by atoms with Crippen molar-refractivity contribution in [2.45, 2.75) is 25.9 Å². The molecule has 2 heterocycles. The molecule has 0 amide bonds. The lowest BCUT2D eigenvalue weighted by atomic mass is 10.1. The van der Waals surface area contributed by atoms with E-state index in [2.05, 4.69) is 28.6 Å². The van der Waals surface area contributed by atoms with Crippen LogP contribution < -0.4 is 5.32 Å². The van der Waals surface area contributed by atoms with Crippen molar-refractivity contribution >= 4 is 0 Å². The van der Waals surface area contributed by atoms with Gasteiger partial charge in [0.25, 0.3) is 0 Å². The maximum Gasteiger partial charge on any atom is 0.0690 e. The van der Waals surface area contributed by atoms with Crippen molar-refractivity contribution < 1.29 is 0 Å².